The van der Waals surface area contributed by atoms with E-state index in [9.17, 15) is 0 Å². The molecule has 0 amide bonds. The number of hydrogen-bond acceptors (Lipinski definition) is 6. The van der Waals surface area contributed by atoms with Crippen LogP contribution in [0.4, 0.5) is 11.5 Å². The van der Waals surface area contributed by atoms with E-state index in [0.717, 1.165) is 18.9 Å². The molecule has 0 spiro atoms. The van der Waals surface area contributed by atoms with Crippen LogP contribution in [0.25, 0.3) is 0 Å². The largest absolute Gasteiger partial charge is 0.473 e. The highest BCUT2D eigenvalue weighted by atomic mass is 16.5. The van der Waals surface area contributed by atoms with E-state index in [4.69, 9.17) is 10.5 Å². The lowest BCUT2D eigenvalue weighted by Crippen LogP contribution is -2.41. The molecule has 6 heteroatoms. The van der Waals surface area contributed by atoms with Crippen LogP contribution in [0.15, 0.2) is 6.33 Å². The van der Waals surface area contributed by atoms with Crippen molar-refractivity contribution >= 4 is 11.5 Å². The van der Waals surface area contributed by atoms with Gasteiger partial charge in [0.2, 0.25) is 5.88 Å². The number of likely N-dealkylation sites (N-methyl/N-ethyl adjacent to an activating group) is 2. The number of nitrogen functional groups attached to an aromatic ring is 1. The molecule has 0 saturated carbocycles. The minimum atomic E-state index is 0.0364. The molecule has 1 atom stereocenters. The predicted octanol–water partition coefficient (Wildman–Crippen LogP) is 1.62. The Morgan fingerprint density at radius 1 is 1.25 bits per heavy atom. The predicted molar refractivity (Wildman–Crippen MR) is 83.2 cm³/mol. The summed E-state index contributed by atoms with van der Waals surface area (Å²) in [5.41, 5.74) is 6.68. The van der Waals surface area contributed by atoms with Gasteiger partial charge < -0.3 is 20.3 Å². The molecule has 20 heavy (non-hydrogen) atoms. The Labute approximate surface area is 121 Å². The first-order valence-corrected chi connectivity index (χ1v) is 7.05. The van der Waals surface area contributed by atoms with Crippen LogP contribution < -0.4 is 15.4 Å². The first kappa shape index (κ1) is 16.5. The lowest BCUT2D eigenvalue weighted by atomic mass is 10.2. The molecule has 0 aromatic carbocycles. The summed E-state index contributed by atoms with van der Waals surface area (Å²) in [5, 5.41) is 0. The zero-order chi connectivity index (χ0) is 15.3. The van der Waals surface area contributed by atoms with Crippen LogP contribution in [0.2, 0.25) is 0 Å². The summed E-state index contributed by atoms with van der Waals surface area (Å²) in [7, 11) is 4.11. The van der Waals surface area contributed by atoms with Crippen molar-refractivity contribution in [2.45, 2.75) is 39.8 Å². The highest BCUT2D eigenvalue weighted by Gasteiger charge is 2.20. The van der Waals surface area contributed by atoms with Gasteiger partial charge in [0.25, 0.3) is 0 Å². The van der Waals surface area contributed by atoms with Crippen LogP contribution in [-0.4, -0.2) is 54.2 Å². The van der Waals surface area contributed by atoms with E-state index in [0.29, 0.717) is 17.6 Å². The number of anilines is 2. The highest BCUT2D eigenvalue weighted by molar-refractivity contribution is 5.68. The van der Waals surface area contributed by atoms with E-state index in [-0.39, 0.29) is 6.10 Å². The maximum atomic E-state index is 6.17. The van der Waals surface area contributed by atoms with Crippen LogP contribution >= 0.6 is 0 Å². The summed E-state index contributed by atoms with van der Waals surface area (Å²) in [6.45, 7) is 9.92. The quantitative estimate of drug-likeness (QED) is 0.819. The molecule has 0 bridgehead atoms. The number of nitrogens with two attached hydrogens (primary N) is 1. The molecule has 0 radical (unpaired) electrons. The fraction of sp³-hybridized carbons (Fsp3) is 0.714. The van der Waals surface area contributed by atoms with Gasteiger partial charge >= 0.3 is 0 Å². The summed E-state index contributed by atoms with van der Waals surface area (Å²) in [5.74, 6) is 1.20. The van der Waals surface area contributed by atoms with Crippen LogP contribution in [0, 0.1) is 0 Å². The number of rotatable bonds is 7. The molecule has 1 aromatic heterocycles. The van der Waals surface area contributed by atoms with E-state index in [1.54, 1.807) is 0 Å². The van der Waals surface area contributed by atoms with Crippen molar-refractivity contribution in [2.24, 2.45) is 0 Å². The molecule has 1 aromatic rings. The Morgan fingerprint density at radius 2 is 1.90 bits per heavy atom. The van der Waals surface area contributed by atoms with Gasteiger partial charge in [-0.25, -0.2) is 4.98 Å². The molecule has 0 aliphatic heterocycles. The lowest BCUT2D eigenvalue weighted by molar-refractivity contribution is 0.234. The van der Waals surface area contributed by atoms with Gasteiger partial charge in [0.05, 0.1) is 6.10 Å². The first-order valence-electron chi connectivity index (χ1n) is 7.05. The molecular formula is C14H27N5O. The SMILES string of the molecule is CCN(c1ncnc(OC(C)C)c1N)C(C)CN(C)C. The average molecular weight is 281 g/mol. The van der Waals surface area contributed by atoms with Crippen LogP contribution in [-0.2, 0) is 0 Å². The van der Waals surface area contributed by atoms with Crippen LogP contribution in [0.1, 0.15) is 27.7 Å². The second-order valence-electron chi connectivity index (χ2n) is 5.48. The van der Waals surface area contributed by atoms with E-state index in [1.807, 2.05) is 13.8 Å². The first-order chi connectivity index (χ1) is 9.36. The molecule has 114 valence electrons. The van der Waals surface area contributed by atoms with Gasteiger partial charge in [-0.1, -0.05) is 0 Å². The molecule has 6 nitrogen and oxygen atoms in total. The molecule has 0 fully saturated rings. The minimum absolute atomic E-state index is 0.0364. The fourth-order valence-electron chi connectivity index (χ4n) is 2.21. The summed E-state index contributed by atoms with van der Waals surface area (Å²) < 4.78 is 5.63. The third-order valence-corrected chi connectivity index (χ3v) is 2.95. The van der Waals surface area contributed by atoms with Crippen molar-refractivity contribution < 1.29 is 4.74 Å². The van der Waals surface area contributed by atoms with Crippen molar-refractivity contribution in [1.82, 2.24) is 14.9 Å². The van der Waals surface area contributed by atoms with E-state index >= 15 is 0 Å². The molecule has 2 N–H and O–H groups in total. The van der Waals surface area contributed by atoms with Gasteiger partial charge in [-0.05, 0) is 41.8 Å². The Hall–Kier alpha value is -1.56. The van der Waals surface area contributed by atoms with Gasteiger partial charge in [-0.15, -0.1) is 0 Å². The molecule has 0 aliphatic rings. The summed E-state index contributed by atoms with van der Waals surface area (Å²) in [6, 6.07) is 0.305. The van der Waals surface area contributed by atoms with E-state index in [2.05, 4.69) is 47.7 Å². The topological polar surface area (TPSA) is 67.5 Å². The van der Waals surface area contributed by atoms with Crippen LogP contribution in [0.3, 0.4) is 0 Å². The van der Waals surface area contributed by atoms with Gasteiger partial charge in [-0.3, -0.25) is 0 Å². The standard InChI is InChI=1S/C14H27N5O/c1-7-19(11(4)8-18(5)6)13-12(15)14(17-9-16-13)20-10(2)3/h9-11H,7-8,15H2,1-6H3. The second-order valence-corrected chi connectivity index (χ2v) is 5.48. The van der Waals surface area contributed by atoms with E-state index < -0.39 is 0 Å². The summed E-state index contributed by atoms with van der Waals surface area (Å²) >= 11 is 0. The Bertz CT molecular complexity index is 422. The average Bonchev–Trinajstić information content (AvgIpc) is 2.33. The van der Waals surface area contributed by atoms with Gasteiger partial charge in [-0.2, -0.15) is 4.98 Å². The maximum absolute atomic E-state index is 6.17. The van der Waals surface area contributed by atoms with Gasteiger partial charge in [0.1, 0.15) is 12.0 Å². The van der Waals surface area contributed by atoms with Crippen LogP contribution in [0.5, 0.6) is 5.88 Å². The zero-order valence-electron chi connectivity index (χ0n) is 13.4. The number of nitrogens with zero attached hydrogens (tertiary/aromatic N) is 4. The van der Waals surface area contributed by atoms with Gasteiger partial charge in [0.15, 0.2) is 5.82 Å². The van der Waals surface area contributed by atoms with E-state index in [1.165, 1.54) is 6.33 Å². The second kappa shape index (κ2) is 7.28. The molecule has 0 aliphatic carbocycles. The smallest absolute Gasteiger partial charge is 0.242 e. The molecule has 1 rings (SSSR count). The van der Waals surface area contributed by atoms with Crippen molar-refractivity contribution in [2.75, 3.05) is 37.8 Å². The molecule has 1 heterocycles. The number of aromatic nitrogens is 2. The lowest BCUT2D eigenvalue weighted by Gasteiger charge is -2.32. The summed E-state index contributed by atoms with van der Waals surface area (Å²) in [4.78, 5) is 12.8. The monoisotopic (exact) mass is 281 g/mol. The summed E-state index contributed by atoms with van der Waals surface area (Å²) in [6.07, 6.45) is 1.54. The molecule has 1 unspecified atom stereocenters. The van der Waals surface area contributed by atoms with Crippen molar-refractivity contribution in [3.05, 3.63) is 6.33 Å². The minimum Gasteiger partial charge on any atom is -0.473 e. The fourth-order valence-corrected chi connectivity index (χ4v) is 2.21. The third kappa shape index (κ3) is 4.23. The molecule has 0 saturated heterocycles. The highest BCUT2D eigenvalue weighted by Crippen LogP contribution is 2.29. The van der Waals surface area contributed by atoms with Crippen molar-refractivity contribution in [3.63, 3.8) is 0 Å². The normalized spacial score (nSPS) is 12.8. The maximum Gasteiger partial charge on any atom is 0.242 e. The number of ether oxygens (including phenoxy) is 1. The van der Waals surface area contributed by atoms with Crippen molar-refractivity contribution in [3.8, 4) is 5.88 Å². The Kier molecular flexibility index (Phi) is 6.01. The molecular weight excluding hydrogens is 254 g/mol. The Balaban J connectivity index is 3.03. The van der Waals surface area contributed by atoms with Crippen molar-refractivity contribution in [1.29, 1.82) is 0 Å². The zero-order valence-corrected chi connectivity index (χ0v) is 13.4. The Morgan fingerprint density at radius 3 is 2.40 bits per heavy atom. The number of hydrogen-bond donors (Lipinski definition) is 1. The third-order valence-electron chi connectivity index (χ3n) is 2.95. The van der Waals surface area contributed by atoms with Gasteiger partial charge in [0, 0.05) is 19.1 Å².